The van der Waals surface area contributed by atoms with E-state index >= 15 is 0 Å². The van der Waals surface area contributed by atoms with E-state index in [2.05, 4.69) is 43.0 Å². The molecule has 2 aliphatic rings. The summed E-state index contributed by atoms with van der Waals surface area (Å²) in [5.41, 5.74) is 1.10. The molecule has 2 heteroatoms. The van der Waals surface area contributed by atoms with Crippen LogP contribution in [-0.4, -0.2) is 29.3 Å². The predicted molar refractivity (Wildman–Crippen MR) is 86.4 cm³/mol. The van der Waals surface area contributed by atoms with Crippen LogP contribution >= 0.6 is 0 Å². The lowest BCUT2D eigenvalue weighted by atomic mass is 9.85. The quantitative estimate of drug-likeness (QED) is 0.814. The Kier molecular flexibility index (Phi) is 4.17. The second kappa shape index (κ2) is 5.92. The first-order valence-electron chi connectivity index (χ1n) is 8.51. The molecule has 1 aliphatic carbocycles. The van der Waals surface area contributed by atoms with Gasteiger partial charge in [0.15, 0.2) is 5.78 Å². The van der Waals surface area contributed by atoms with Crippen molar-refractivity contribution in [2.45, 2.75) is 57.4 Å². The van der Waals surface area contributed by atoms with E-state index in [4.69, 9.17) is 0 Å². The van der Waals surface area contributed by atoms with Crippen LogP contribution in [0.4, 0.5) is 0 Å². The van der Waals surface area contributed by atoms with Crippen molar-refractivity contribution in [2.24, 2.45) is 5.92 Å². The molecule has 1 saturated heterocycles. The number of benzene rings is 1. The largest absolute Gasteiger partial charge is 0.297 e. The zero-order chi connectivity index (χ0) is 14.9. The highest BCUT2D eigenvalue weighted by molar-refractivity contribution is 5.93. The number of carbonyl (C=O) groups is 1. The van der Waals surface area contributed by atoms with E-state index in [0.29, 0.717) is 11.7 Å². The molecule has 1 heterocycles. The Morgan fingerprint density at radius 2 is 1.86 bits per heavy atom. The average Bonchev–Trinajstić information content (AvgIpc) is 3.35. The van der Waals surface area contributed by atoms with E-state index in [0.717, 1.165) is 25.9 Å². The SMILES string of the molecule is CCC(C)(C(=O)C1CC1c1ccccc1)N1CCCCC1. The van der Waals surface area contributed by atoms with Crippen molar-refractivity contribution in [1.82, 2.24) is 4.90 Å². The Morgan fingerprint density at radius 3 is 2.48 bits per heavy atom. The Bertz CT molecular complexity index is 492. The molecular formula is C19H27NO. The highest BCUT2D eigenvalue weighted by Gasteiger charge is 2.51. The number of hydrogen-bond acceptors (Lipinski definition) is 2. The molecule has 0 radical (unpaired) electrons. The van der Waals surface area contributed by atoms with E-state index in [1.165, 1.54) is 24.8 Å². The molecule has 1 aromatic rings. The Labute approximate surface area is 128 Å². The van der Waals surface area contributed by atoms with Gasteiger partial charge < -0.3 is 0 Å². The second-order valence-electron chi connectivity index (χ2n) is 6.90. The highest BCUT2D eigenvalue weighted by atomic mass is 16.1. The van der Waals surface area contributed by atoms with Crippen LogP contribution in [0.3, 0.4) is 0 Å². The van der Waals surface area contributed by atoms with Crippen LogP contribution in [0.15, 0.2) is 30.3 Å². The summed E-state index contributed by atoms with van der Waals surface area (Å²) >= 11 is 0. The summed E-state index contributed by atoms with van der Waals surface area (Å²) in [6, 6.07) is 10.6. The molecular weight excluding hydrogens is 258 g/mol. The van der Waals surface area contributed by atoms with Crippen molar-refractivity contribution in [3.63, 3.8) is 0 Å². The molecule has 0 amide bonds. The molecule has 1 saturated carbocycles. The van der Waals surface area contributed by atoms with Gasteiger partial charge in [0.2, 0.25) is 0 Å². The van der Waals surface area contributed by atoms with Crippen LogP contribution in [0, 0.1) is 5.92 Å². The smallest absolute Gasteiger partial charge is 0.156 e. The third-order valence-electron chi connectivity index (χ3n) is 5.63. The van der Waals surface area contributed by atoms with Crippen LogP contribution in [0.1, 0.15) is 57.4 Å². The summed E-state index contributed by atoms with van der Waals surface area (Å²) in [6.45, 7) is 6.55. The molecule has 21 heavy (non-hydrogen) atoms. The minimum absolute atomic E-state index is 0.241. The van der Waals surface area contributed by atoms with Gasteiger partial charge in [-0.2, -0.15) is 0 Å². The zero-order valence-corrected chi connectivity index (χ0v) is 13.3. The number of hydrogen-bond donors (Lipinski definition) is 0. The number of piperidine rings is 1. The van der Waals surface area contributed by atoms with Gasteiger partial charge in [-0.05, 0) is 57.2 Å². The lowest BCUT2D eigenvalue weighted by Crippen LogP contribution is -2.54. The molecule has 1 aliphatic heterocycles. The summed E-state index contributed by atoms with van der Waals surface area (Å²) in [6.07, 6.45) is 5.79. The third kappa shape index (κ3) is 2.78. The first-order valence-corrected chi connectivity index (χ1v) is 8.51. The third-order valence-corrected chi connectivity index (χ3v) is 5.63. The summed E-state index contributed by atoms with van der Waals surface area (Å²) < 4.78 is 0. The fraction of sp³-hybridized carbons (Fsp3) is 0.632. The van der Waals surface area contributed by atoms with Crippen molar-refractivity contribution in [3.8, 4) is 0 Å². The lowest BCUT2D eigenvalue weighted by molar-refractivity contribution is -0.132. The minimum atomic E-state index is -0.241. The summed E-state index contributed by atoms with van der Waals surface area (Å²) in [4.78, 5) is 15.6. The lowest BCUT2D eigenvalue weighted by Gasteiger charge is -2.42. The summed E-state index contributed by atoms with van der Waals surface area (Å²) in [5, 5.41) is 0. The maximum absolute atomic E-state index is 13.1. The highest BCUT2D eigenvalue weighted by Crippen LogP contribution is 2.50. The van der Waals surface area contributed by atoms with Crippen LogP contribution in [0.2, 0.25) is 0 Å². The molecule has 114 valence electrons. The van der Waals surface area contributed by atoms with E-state index in [-0.39, 0.29) is 11.5 Å². The van der Waals surface area contributed by atoms with Crippen LogP contribution in [0.5, 0.6) is 0 Å². The van der Waals surface area contributed by atoms with Gasteiger partial charge in [-0.3, -0.25) is 9.69 Å². The fourth-order valence-corrected chi connectivity index (χ4v) is 3.89. The number of likely N-dealkylation sites (tertiary alicyclic amines) is 1. The normalized spacial score (nSPS) is 28.9. The van der Waals surface area contributed by atoms with Crippen LogP contribution in [-0.2, 0) is 4.79 Å². The predicted octanol–water partition coefficient (Wildman–Crippen LogP) is 4.01. The molecule has 2 fully saturated rings. The first-order chi connectivity index (χ1) is 10.2. The molecule has 0 bridgehead atoms. The standard InChI is InChI=1S/C19H27NO/c1-3-19(2,20-12-8-5-9-13-20)18(21)17-14-16(17)15-10-6-4-7-11-15/h4,6-7,10-11,16-17H,3,5,8-9,12-14H2,1-2H3. The van der Waals surface area contributed by atoms with Crippen molar-refractivity contribution < 1.29 is 4.79 Å². The minimum Gasteiger partial charge on any atom is -0.297 e. The molecule has 3 atom stereocenters. The number of ketones is 1. The zero-order valence-electron chi connectivity index (χ0n) is 13.3. The monoisotopic (exact) mass is 285 g/mol. The van der Waals surface area contributed by atoms with Gasteiger partial charge in [0.25, 0.3) is 0 Å². The van der Waals surface area contributed by atoms with Crippen molar-refractivity contribution >= 4 is 5.78 Å². The summed E-state index contributed by atoms with van der Waals surface area (Å²) in [5.74, 6) is 1.20. The van der Waals surface area contributed by atoms with Crippen LogP contribution < -0.4 is 0 Å². The molecule has 0 aromatic heterocycles. The van der Waals surface area contributed by atoms with Gasteiger partial charge >= 0.3 is 0 Å². The van der Waals surface area contributed by atoms with Crippen molar-refractivity contribution in [3.05, 3.63) is 35.9 Å². The maximum Gasteiger partial charge on any atom is 0.156 e. The number of Topliss-reactive ketones (excluding diaryl/α,β-unsaturated/α-hetero) is 1. The van der Waals surface area contributed by atoms with Crippen molar-refractivity contribution in [1.29, 1.82) is 0 Å². The fourth-order valence-electron chi connectivity index (χ4n) is 3.89. The van der Waals surface area contributed by atoms with Crippen molar-refractivity contribution in [2.75, 3.05) is 13.1 Å². The Balaban J connectivity index is 1.72. The topological polar surface area (TPSA) is 20.3 Å². The number of nitrogens with zero attached hydrogens (tertiary/aromatic N) is 1. The molecule has 0 spiro atoms. The van der Waals surface area contributed by atoms with Gasteiger partial charge in [-0.1, -0.05) is 43.7 Å². The van der Waals surface area contributed by atoms with E-state index in [1.807, 2.05) is 6.07 Å². The average molecular weight is 285 g/mol. The number of rotatable bonds is 5. The van der Waals surface area contributed by atoms with Gasteiger partial charge in [0.1, 0.15) is 0 Å². The first kappa shape index (κ1) is 14.8. The van der Waals surface area contributed by atoms with Crippen LogP contribution in [0.25, 0.3) is 0 Å². The molecule has 3 rings (SSSR count). The maximum atomic E-state index is 13.1. The van der Waals surface area contributed by atoms with Gasteiger partial charge in [0, 0.05) is 5.92 Å². The summed E-state index contributed by atoms with van der Waals surface area (Å²) in [7, 11) is 0. The molecule has 3 unspecified atom stereocenters. The molecule has 1 aromatic carbocycles. The Morgan fingerprint density at radius 1 is 1.19 bits per heavy atom. The number of carbonyl (C=O) groups excluding carboxylic acids is 1. The second-order valence-corrected chi connectivity index (χ2v) is 6.90. The van der Waals surface area contributed by atoms with Gasteiger partial charge in [-0.25, -0.2) is 0 Å². The molecule has 0 N–H and O–H groups in total. The van der Waals surface area contributed by atoms with Gasteiger partial charge in [0.05, 0.1) is 5.54 Å². The van der Waals surface area contributed by atoms with E-state index in [9.17, 15) is 4.79 Å². The molecule has 2 nitrogen and oxygen atoms in total. The Hall–Kier alpha value is -1.15. The van der Waals surface area contributed by atoms with E-state index < -0.39 is 0 Å². The van der Waals surface area contributed by atoms with Gasteiger partial charge in [-0.15, -0.1) is 0 Å². The van der Waals surface area contributed by atoms with E-state index in [1.54, 1.807) is 0 Å².